The Morgan fingerprint density at radius 1 is 0.967 bits per heavy atom. The maximum absolute atomic E-state index is 11.5. The summed E-state index contributed by atoms with van der Waals surface area (Å²) in [7, 11) is 0. The van der Waals surface area contributed by atoms with Gasteiger partial charge in [-0.15, -0.1) is 11.3 Å². The summed E-state index contributed by atoms with van der Waals surface area (Å²) in [5.41, 5.74) is 4.79. The number of aromatic nitrogens is 1. The van der Waals surface area contributed by atoms with E-state index in [2.05, 4.69) is 53.4 Å². The molecule has 0 radical (unpaired) electrons. The topological polar surface area (TPSA) is 68.3 Å². The monoisotopic (exact) mass is 420 g/mol. The van der Waals surface area contributed by atoms with Gasteiger partial charge in [0.25, 0.3) is 0 Å². The molecular weight excluding hydrogens is 396 g/mol. The molecular formula is C24H24N2O3S. The molecule has 1 atom stereocenters. The van der Waals surface area contributed by atoms with Crippen LogP contribution >= 0.6 is 11.3 Å². The van der Waals surface area contributed by atoms with Gasteiger partial charge < -0.3 is 10.1 Å². The second-order valence-corrected chi connectivity index (χ2v) is 8.78. The Hall–Kier alpha value is -2.99. The summed E-state index contributed by atoms with van der Waals surface area (Å²) in [4.78, 5) is 28.6. The molecule has 2 aromatic carbocycles. The number of aryl methyl sites for hydroxylation is 4. The first-order valence-corrected chi connectivity index (χ1v) is 11.0. The molecule has 154 valence electrons. The Morgan fingerprint density at radius 2 is 1.67 bits per heavy atom. The first-order valence-electron chi connectivity index (χ1n) is 10.2. The van der Waals surface area contributed by atoms with Crippen molar-refractivity contribution in [1.29, 1.82) is 0 Å². The van der Waals surface area contributed by atoms with E-state index in [4.69, 9.17) is 4.98 Å². The van der Waals surface area contributed by atoms with Crippen molar-refractivity contribution in [3.05, 3.63) is 75.6 Å². The fourth-order valence-corrected chi connectivity index (χ4v) is 4.59. The molecule has 1 amide bonds. The number of ether oxygens (including phenoxy) is 1. The van der Waals surface area contributed by atoms with Crippen molar-refractivity contribution in [2.75, 3.05) is 0 Å². The molecule has 1 N–H and O–H groups in total. The van der Waals surface area contributed by atoms with E-state index in [1.165, 1.54) is 26.6 Å². The van der Waals surface area contributed by atoms with Gasteiger partial charge in [-0.25, -0.2) is 14.6 Å². The summed E-state index contributed by atoms with van der Waals surface area (Å²) >= 11 is 1.78. The lowest BCUT2D eigenvalue weighted by molar-refractivity contribution is -0.135. The fourth-order valence-electron chi connectivity index (χ4n) is 3.64. The van der Waals surface area contributed by atoms with E-state index in [1.54, 1.807) is 11.3 Å². The third-order valence-corrected chi connectivity index (χ3v) is 6.30. The van der Waals surface area contributed by atoms with Crippen LogP contribution in [0.2, 0.25) is 0 Å². The Labute approximate surface area is 180 Å². The van der Waals surface area contributed by atoms with Gasteiger partial charge in [-0.2, -0.15) is 0 Å². The number of hydrogen-bond donors (Lipinski definition) is 1. The summed E-state index contributed by atoms with van der Waals surface area (Å²) in [5.74, 6) is -0.469. The lowest BCUT2D eigenvalue weighted by Gasteiger charge is -2.06. The molecule has 5 nitrogen and oxygen atoms in total. The van der Waals surface area contributed by atoms with Gasteiger partial charge in [0.15, 0.2) is 0 Å². The molecule has 0 spiro atoms. The predicted octanol–water partition coefficient (Wildman–Crippen LogP) is 4.86. The fraction of sp³-hybridized carbons (Fsp3) is 0.292. The lowest BCUT2D eigenvalue weighted by Crippen LogP contribution is -2.28. The van der Waals surface area contributed by atoms with Crippen molar-refractivity contribution in [3.8, 4) is 11.3 Å². The Balaban J connectivity index is 1.27. The van der Waals surface area contributed by atoms with Crippen LogP contribution in [0.1, 0.15) is 33.9 Å². The summed E-state index contributed by atoms with van der Waals surface area (Å²) in [6.45, 7) is 2.13. The standard InChI is InChI=1S/C24H24N2O3S/c1-16-22(19-7-3-2-4-8-19)26-21(30-16)15-14-18-12-10-17(11-13-18)6-5-9-20-23(27)29-24(28)25-20/h2-4,7-8,10-13,20H,5-6,9,14-15H2,1H3,(H,25,28). The molecule has 3 aromatic rings. The largest absolute Gasteiger partial charge is 0.415 e. The molecule has 1 aromatic heterocycles. The minimum absolute atomic E-state index is 0.469. The molecule has 0 bridgehead atoms. The highest BCUT2D eigenvalue weighted by molar-refractivity contribution is 7.12. The van der Waals surface area contributed by atoms with Crippen molar-refractivity contribution in [1.82, 2.24) is 10.3 Å². The van der Waals surface area contributed by atoms with Gasteiger partial charge in [0.1, 0.15) is 6.04 Å². The molecule has 30 heavy (non-hydrogen) atoms. The Morgan fingerprint density at radius 3 is 2.33 bits per heavy atom. The van der Waals surface area contributed by atoms with Gasteiger partial charge >= 0.3 is 12.1 Å². The first-order chi connectivity index (χ1) is 14.6. The smallest absolute Gasteiger partial charge is 0.375 e. The second-order valence-electron chi connectivity index (χ2n) is 7.49. The van der Waals surface area contributed by atoms with Gasteiger partial charge in [0.05, 0.1) is 10.7 Å². The van der Waals surface area contributed by atoms with Crippen molar-refractivity contribution in [2.45, 2.75) is 45.1 Å². The number of amides is 1. The number of cyclic esters (lactones) is 2. The SMILES string of the molecule is Cc1sc(CCc2ccc(CCCC3NC(=O)OC3=O)cc2)nc1-c1ccccc1. The lowest BCUT2D eigenvalue weighted by atomic mass is 10.0. The highest BCUT2D eigenvalue weighted by Gasteiger charge is 2.31. The number of alkyl carbamates (subject to hydrolysis) is 1. The van der Waals surface area contributed by atoms with E-state index in [-0.39, 0.29) is 0 Å². The molecule has 1 aliphatic rings. The molecule has 1 aliphatic heterocycles. The summed E-state index contributed by atoms with van der Waals surface area (Å²) < 4.78 is 4.50. The van der Waals surface area contributed by atoms with E-state index in [0.717, 1.165) is 31.4 Å². The highest BCUT2D eigenvalue weighted by Crippen LogP contribution is 2.28. The second kappa shape index (κ2) is 9.22. The zero-order valence-electron chi connectivity index (χ0n) is 16.9. The number of carbonyl (C=O) groups excluding carboxylic acids is 2. The average molecular weight is 421 g/mol. The van der Waals surface area contributed by atoms with Crippen LogP contribution in [-0.4, -0.2) is 23.1 Å². The number of benzene rings is 2. The van der Waals surface area contributed by atoms with E-state index in [0.29, 0.717) is 6.42 Å². The summed E-state index contributed by atoms with van der Waals surface area (Å²) in [6.07, 6.45) is 3.54. The molecule has 0 saturated carbocycles. The summed E-state index contributed by atoms with van der Waals surface area (Å²) in [5, 5.41) is 3.70. The number of thiazole rings is 1. The molecule has 2 heterocycles. The molecule has 6 heteroatoms. The van der Waals surface area contributed by atoms with E-state index in [9.17, 15) is 9.59 Å². The van der Waals surface area contributed by atoms with Crippen molar-refractivity contribution in [2.24, 2.45) is 0 Å². The van der Waals surface area contributed by atoms with Crippen LogP contribution in [0, 0.1) is 6.92 Å². The number of nitrogens with zero attached hydrogens (tertiary/aromatic N) is 1. The van der Waals surface area contributed by atoms with Crippen LogP contribution in [0.5, 0.6) is 0 Å². The molecule has 4 rings (SSSR count). The molecule has 0 aliphatic carbocycles. The highest BCUT2D eigenvalue weighted by atomic mass is 32.1. The number of nitrogens with one attached hydrogen (secondary N) is 1. The van der Waals surface area contributed by atoms with Crippen molar-refractivity contribution < 1.29 is 14.3 Å². The zero-order chi connectivity index (χ0) is 20.9. The molecule has 1 fully saturated rings. The van der Waals surface area contributed by atoms with Gasteiger partial charge in [-0.05, 0) is 43.7 Å². The van der Waals surface area contributed by atoms with Crippen molar-refractivity contribution in [3.63, 3.8) is 0 Å². The minimum atomic E-state index is -0.638. The van der Waals surface area contributed by atoms with Crippen LogP contribution in [0.25, 0.3) is 11.3 Å². The van der Waals surface area contributed by atoms with Crippen LogP contribution in [0.3, 0.4) is 0 Å². The van der Waals surface area contributed by atoms with E-state index < -0.39 is 18.1 Å². The average Bonchev–Trinajstić information content (AvgIpc) is 3.29. The number of carbonyl (C=O) groups is 2. The quantitative estimate of drug-likeness (QED) is 0.417. The molecule has 1 unspecified atom stereocenters. The number of rotatable bonds is 8. The number of hydrogen-bond acceptors (Lipinski definition) is 5. The van der Waals surface area contributed by atoms with Crippen LogP contribution in [-0.2, 0) is 28.8 Å². The van der Waals surface area contributed by atoms with Gasteiger partial charge in [-0.1, -0.05) is 54.6 Å². The van der Waals surface area contributed by atoms with Gasteiger partial charge in [0.2, 0.25) is 0 Å². The summed E-state index contributed by atoms with van der Waals surface area (Å²) in [6, 6.07) is 18.4. The van der Waals surface area contributed by atoms with E-state index >= 15 is 0 Å². The molecule has 1 saturated heterocycles. The zero-order valence-corrected chi connectivity index (χ0v) is 17.7. The third-order valence-electron chi connectivity index (χ3n) is 5.27. The maximum atomic E-state index is 11.5. The van der Waals surface area contributed by atoms with E-state index in [1.807, 2.05) is 18.2 Å². The van der Waals surface area contributed by atoms with Gasteiger partial charge in [0, 0.05) is 16.9 Å². The van der Waals surface area contributed by atoms with Crippen LogP contribution in [0.4, 0.5) is 4.79 Å². The van der Waals surface area contributed by atoms with Gasteiger partial charge in [-0.3, -0.25) is 0 Å². The Kier molecular flexibility index (Phi) is 6.23. The predicted molar refractivity (Wildman–Crippen MR) is 117 cm³/mol. The first kappa shape index (κ1) is 20.3. The van der Waals surface area contributed by atoms with Crippen LogP contribution < -0.4 is 5.32 Å². The number of esters is 1. The normalized spacial score (nSPS) is 15.8. The van der Waals surface area contributed by atoms with Crippen LogP contribution in [0.15, 0.2) is 54.6 Å². The third kappa shape index (κ3) is 4.94. The van der Waals surface area contributed by atoms with Crippen molar-refractivity contribution >= 4 is 23.4 Å². The minimum Gasteiger partial charge on any atom is -0.375 e. The Bertz CT molecular complexity index is 1030. The maximum Gasteiger partial charge on any atom is 0.415 e.